The molecule has 0 atom stereocenters. The molecular weight excluding hydrogens is 364 g/mol. The number of thiazole rings is 1. The Labute approximate surface area is 162 Å². The van der Waals surface area contributed by atoms with E-state index in [1.807, 2.05) is 18.2 Å². The fraction of sp³-hybridized carbons (Fsp3) is 0.444. The van der Waals surface area contributed by atoms with Gasteiger partial charge in [0, 0.05) is 13.1 Å². The Bertz CT molecular complexity index is 875. The van der Waals surface area contributed by atoms with E-state index in [2.05, 4.69) is 33.8 Å². The lowest BCUT2D eigenvalue weighted by Crippen LogP contribution is -2.40. The van der Waals surface area contributed by atoms with E-state index in [0.717, 1.165) is 35.6 Å². The SMILES string of the molecule is CCN(CC)CCN(C(=O)Cn1cncn1)c1nc2ccc(OC)cc2s1. The molecule has 0 aliphatic heterocycles. The van der Waals surface area contributed by atoms with E-state index in [9.17, 15) is 4.79 Å². The van der Waals surface area contributed by atoms with Gasteiger partial charge in [-0.2, -0.15) is 5.10 Å². The summed E-state index contributed by atoms with van der Waals surface area (Å²) in [6.45, 7) is 7.63. The van der Waals surface area contributed by atoms with Crippen molar-refractivity contribution in [2.75, 3.05) is 38.2 Å². The number of nitrogens with zero attached hydrogens (tertiary/aromatic N) is 6. The van der Waals surface area contributed by atoms with Gasteiger partial charge in [0.15, 0.2) is 5.13 Å². The molecule has 144 valence electrons. The lowest BCUT2D eigenvalue weighted by Gasteiger charge is -2.24. The summed E-state index contributed by atoms with van der Waals surface area (Å²) >= 11 is 1.49. The Kier molecular flexibility index (Phi) is 6.36. The molecule has 0 spiro atoms. The first-order chi connectivity index (χ1) is 13.1. The molecule has 0 aliphatic rings. The summed E-state index contributed by atoms with van der Waals surface area (Å²) in [5, 5.41) is 4.73. The highest BCUT2D eigenvalue weighted by molar-refractivity contribution is 7.22. The van der Waals surface area contributed by atoms with Crippen molar-refractivity contribution in [3.63, 3.8) is 0 Å². The van der Waals surface area contributed by atoms with Crippen LogP contribution in [-0.2, 0) is 11.3 Å². The molecule has 0 N–H and O–H groups in total. The number of carbonyl (C=O) groups excluding carboxylic acids is 1. The van der Waals surface area contributed by atoms with Crippen LogP contribution in [0.4, 0.5) is 5.13 Å². The molecule has 0 aliphatic carbocycles. The zero-order valence-electron chi connectivity index (χ0n) is 15.8. The van der Waals surface area contributed by atoms with Crippen LogP contribution in [0.2, 0.25) is 0 Å². The molecule has 0 fully saturated rings. The third kappa shape index (κ3) is 4.61. The Morgan fingerprint density at radius 1 is 1.26 bits per heavy atom. The summed E-state index contributed by atoms with van der Waals surface area (Å²) in [5.41, 5.74) is 0.859. The zero-order chi connectivity index (χ0) is 19.2. The van der Waals surface area contributed by atoms with Crippen molar-refractivity contribution in [3.8, 4) is 5.75 Å². The first-order valence-corrected chi connectivity index (χ1v) is 9.76. The fourth-order valence-electron chi connectivity index (χ4n) is 2.78. The average Bonchev–Trinajstić information content (AvgIpc) is 3.33. The highest BCUT2D eigenvalue weighted by atomic mass is 32.1. The molecule has 2 heterocycles. The lowest BCUT2D eigenvalue weighted by molar-refractivity contribution is -0.119. The Hall–Kier alpha value is -2.52. The van der Waals surface area contributed by atoms with E-state index >= 15 is 0 Å². The minimum Gasteiger partial charge on any atom is -0.497 e. The summed E-state index contributed by atoms with van der Waals surface area (Å²) in [6, 6.07) is 5.74. The predicted octanol–water partition coefficient (Wildman–Crippen LogP) is 2.27. The topological polar surface area (TPSA) is 76.4 Å². The number of carbonyl (C=O) groups is 1. The fourth-order valence-corrected chi connectivity index (χ4v) is 3.82. The molecule has 1 aromatic carbocycles. The molecule has 8 nitrogen and oxygen atoms in total. The van der Waals surface area contributed by atoms with E-state index in [1.165, 1.54) is 22.3 Å². The maximum Gasteiger partial charge on any atom is 0.250 e. The number of hydrogen-bond acceptors (Lipinski definition) is 7. The van der Waals surface area contributed by atoms with Crippen LogP contribution in [0, 0.1) is 0 Å². The minimum absolute atomic E-state index is 0.0568. The molecule has 1 amide bonds. The van der Waals surface area contributed by atoms with E-state index in [-0.39, 0.29) is 12.5 Å². The van der Waals surface area contributed by atoms with Crippen molar-refractivity contribution < 1.29 is 9.53 Å². The number of hydrogen-bond donors (Lipinski definition) is 0. The van der Waals surface area contributed by atoms with Gasteiger partial charge >= 0.3 is 0 Å². The van der Waals surface area contributed by atoms with Gasteiger partial charge in [-0.25, -0.2) is 14.6 Å². The molecule has 0 unspecified atom stereocenters. The number of rotatable bonds is 9. The van der Waals surface area contributed by atoms with E-state index in [4.69, 9.17) is 4.74 Å². The van der Waals surface area contributed by atoms with Gasteiger partial charge in [-0.15, -0.1) is 0 Å². The molecule has 0 saturated heterocycles. The number of benzene rings is 1. The van der Waals surface area contributed by atoms with E-state index in [1.54, 1.807) is 18.3 Å². The zero-order valence-corrected chi connectivity index (χ0v) is 16.6. The molecule has 3 rings (SSSR count). The number of likely N-dealkylation sites (N-methyl/N-ethyl adjacent to an activating group) is 1. The molecule has 27 heavy (non-hydrogen) atoms. The standard InChI is InChI=1S/C18H24N6O2S/c1-4-22(5-2)8-9-24(17(25)11-23-13-19-12-20-23)18-21-15-7-6-14(26-3)10-16(15)27-18/h6-7,10,12-13H,4-5,8-9,11H2,1-3H3. The number of anilines is 1. The number of aromatic nitrogens is 4. The van der Waals surface area contributed by atoms with Crippen molar-refractivity contribution in [1.29, 1.82) is 0 Å². The van der Waals surface area contributed by atoms with Crippen molar-refractivity contribution >= 4 is 32.6 Å². The second-order valence-corrected chi connectivity index (χ2v) is 7.00. The Morgan fingerprint density at radius 3 is 2.74 bits per heavy atom. The Balaban J connectivity index is 1.86. The van der Waals surface area contributed by atoms with E-state index in [0.29, 0.717) is 11.7 Å². The van der Waals surface area contributed by atoms with Crippen LogP contribution in [-0.4, -0.2) is 63.8 Å². The maximum absolute atomic E-state index is 13.0. The molecular formula is C18H24N6O2S. The van der Waals surface area contributed by atoms with Crippen LogP contribution in [0.5, 0.6) is 5.75 Å². The number of fused-ring (bicyclic) bond motifs is 1. The van der Waals surface area contributed by atoms with Crippen molar-refractivity contribution in [2.45, 2.75) is 20.4 Å². The number of amides is 1. The first-order valence-electron chi connectivity index (χ1n) is 8.94. The van der Waals surface area contributed by atoms with Crippen molar-refractivity contribution in [3.05, 3.63) is 30.9 Å². The quantitative estimate of drug-likeness (QED) is 0.560. The molecule has 0 radical (unpaired) electrons. The largest absolute Gasteiger partial charge is 0.497 e. The summed E-state index contributed by atoms with van der Waals surface area (Å²) in [7, 11) is 1.64. The van der Waals surface area contributed by atoms with Crippen LogP contribution < -0.4 is 9.64 Å². The van der Waals surface area contributed by atoms with Gasteiger partial charge < -0.3 is 9.64 Å². The smallest absolute Gasteiger partial charge is 0.250 e. The summed E-state index contributed by atoms with van der Waals surface area (Å²) < 4.78 is 7.81. The number of methoxy groups -OCH3 is 1. The lowest BCUT2D eigenvalue weighted by atomic mass is 10.3. The van der Waals surface area contributed by atoms with Crippen LogP contribution in [0.15, 0.2) is 30.9 Å². The van der Waals surface area contributed by atoms with Gasteiger partial charge in [-0.3, -0.25) is 9.69 Å². The third-order valence-corrected chi connectivity index (χ3v) is 5.46. The molecule has 0 saturated carbocycles. The molecule has 3 aromatic rings. The van der Waals surface area contributed by atoms with Gasteiger partial charge in [0.2, 0.25) is 0 Å². The highest BCUT2D eigenvalue weighted by Gasteiger charge is 2.21. The highest BCUT2D eigenvalue weighted by Crippen LogP contribution is 2.31. The molecule has 0 bridgehead atoms. The normalized spacial score (nSPS) is 11.3. The minimum atomic E-state index is -0.0568. The Morgan fingerprint density at radius 2 is 2.07 bits per heavy atom. The summed E-state index contributed by atoms with van der Waals surface area (Å²) in [5.74, 6) is 0.722. The maximum atomic E-state index is 13.0. The van der Waals surface area contributed by atoms with Crippen LogP contribution in [0.1, 0.15) is 13.8 Å². The summed E-state index contributed by atoms with van der Waals surface area (Å²) in [4.78, 5) is 25.6. The van der Waals surface area contributed by atoms with Crippen molar-refractivity contribution in [1.82, 2.24) is 24.6 Å². The number of ether oxygens (including phenoxy) is 1. The third-order valence-electron chi connectivity index (χ3n) is 4.41. The second kappa shape index (κ2) is 8.92. The van der Waals surface area contributed by atoms with Crippen LogP contribution in [0.3, 0.4) is 0 Å². The molecule has 9 heteroatoms. The van der Waals surface area contributed by atoms with Crippen LogP contribution in [0.25, 0.3) is 10.2 Å². The average molecular weight is 388 g/mol. The van der Waals surface area contributed by atoms with Crippen molar-refractivity contribution in [2.24, 2.45) is 0 Å². The predicted molar refractivity (Wildman–Crippen MR) is 106 cm³/mol. The second-order valence-electron chi connectivity index (χ2n) is 6.00. The molecule has 2 aromatic heterocycles. The van der Waals surface area contributed by atoms with Gasteiger partial charge in [-0.1, -0.05) is 25.2 Å². The van der Waals surface area contributed by atoms with Crippen LogP contribution >= 0.6 is 11.3 Å². The monoisotopic (exact) mass is 388 g/mol. The van der Waals surface area contributed by atoms with Gasteiger partial charge in [-0.05, 0) is 31.3 Å². The van der Waals surface area contributed by atoms with Gasteiger partial charge in [0.1, 0.15) is 24.9 Å². The summed E-state index contributed by atoms with van der Waals surface area (Å²) in [6.07, 6.45) is 2.97. The van der Waals surface area contributed by atoms with Gasteiger partial charge in [0.25, 0.3) is 5.91 Å². The first kappa shape index (κ1) is 19.2. The van der Waals surface area contributed by atoms with Gasteiger partial charge in [0.05, 0.1) is 17.3 Å². The van der Waals surface area contributed by atoms with E-state index < -0.39 is 0 Å².